The molecule has 5 heteroatoms. The molecule has 3 aromatic rings. The van der Waals surface area contributed by atoms with Gasteiger partial charge in [0.25, 0.3) is 0 Å². The Labute approximate surface area is 202 Å². The van der Waals surface area contributed by atoms with Gasteiger partial charge in [-0.2, -0.15) is 0 Å². The highest BCUT2D eigenvalue weighted by atomic mass is 16.5. The van der Waals surface area contributed by atoms with Gasteiger partial charge in [0.1, 0.15) is 11.9 Å². The molecule has 178 valence electrons. The fourth-order valence-electron chi connectivity index (χ4n) is 5.52. The van der Waals surface area contributed by atoms with E-state index in [4.69, 9.17) is 9.72 Å². The highest BCUT2D eigenvalue weighted by Crippen LogP contribution is 2.36. The van der Waals surface area contributed by atoms with E-state index in [9.17, 15) is 4.79 Å². The average Bonchev–Trinajstić information content (AvgIpc) is 2.88. The van der Waals surface area contributed by atoms with Gasteiger partial charge in [0, 0.05) is 44.1 Å². The molecule has 0 atom stereocenters. The van der Waals surface area contributed by atoms with Crippen LogP contribution in [0.1, 0.15) is 51.0 Å². The normalized spacial score (nSPS) is 21.5. The number of ether oxygens (including phenoxy) is 1. The summed E-state index contributed by atoms with van der Waals surface area (Å²) in [6, 6.07) is 19.8. The second-order valence-electron chi connectivity index (χ2n) is 9.68. The molecule has 2 aromatic carbocycles. The van der Waals surface area contributed by atoms with E-state index in [1.165, 1.54) is 23.3 Å². The number of esters is 1. The Morgan fingerprint density at radius 2 is 1.68 bits per heavy atom. The van der Waals surface area contributed by atoms with Crippen LogP contribution in [0, 0.1) is 0 Å². The zero-order chi connectivity index (χ0) is 23.5. The van der Waals surface area contributed by atoms with Crippen LogP contribution >= 0.6 is 0 Å². The minimum Gasteiger partial charge on any atom is -0.463 e. The highest BCUT2D eigenvalue weighted by molar-refractivity contribution is 5.95. The van der Waals surface area contributed by atoms with Crippen molar-refractivity contribution in [3.8, 4) is 11.3 Å². The SMILES string of the molecule is CCN1CCN(c2nc(-c3ccc(C4CCC(OC(C)=O)CC4)cc3)cc3ccccc23)CC1. The van der Waals surface area contributed by atoms with Gasteiger partial charge in [0.05, 0.1) is 5.69 Å². The molecule has 0 spiro atoms. The van der Waals surface area contributed by atoms with Gasteiger partial charge < -0.3 is 14.5 Å². The number of nitrogens with zero attached hydrogens (tertiary/aromatic N) is 3. The molecule has 1 aromatic heterocycles. The van der Waals surface area contributed by atoms with Gasteiger partial charge in [-0.25, -0.2) is 4.98 Å². The van der Waals surface area contributed by atoms with E-state index in [-0.39, 0.29) is 12.1 Å². The van der Waals surface area contributed by atoms with Crippen LogP contribution in [0.15, 0.2) is 54.6 Å². The third kappa shape index (κ3) is 4.95. The van der Waals surface area contributed by atoms with E-state index >= 15 is 0 Å². The summed E-state index contributed by atoms with van der Waals surface area (Å²) in [5.74, 6) is 1.48. The third-order valence-corrected chi connectivity index (χ3v) is 7.52. The third-order valence-electron chi connectivity index (χ3n) is 7.52. The van der Waals surface area contributed by atoms with E-state index in [0.717, 1.165) is 75.5 Å². The fourth-order valence-corrected chi connectivity index (χ4v) is 5.52. The number of hydrogen-bond donors (Lipinski definition) is 0. The minimum absolute atomic E-state index is 0.0902. The van der Waals surface area contributed by atoms with Crippen molar-refractivity contribution in [1.29, 1.82) is 0 Å². The first-order valence-corrected chi connectivity index (χ1v) is 12.8. The Morgan fingerprint density at radius 3 is 2.35 bits per heavy atom. The van der Waals surface area contributed by atoms with E-state index in [1.807, 2.05) is 0 Å². The van der Waals surface area contributed by atoms with Crippen molar-refractivity contribution in [2.24, 2.45) is 0 Å². The number of benzene rings is 2. The van der Waals surface area contributed by atoms with Crippen molar-refractivity contribution in [2.45, 2.75) is 51.6 Å². The summed E-state index contributed by atoms with van der Waals surface area (Å²) in [5, 5.41) is 2.48. The van der Waals surface area contributed by atoms with Gasteiger partial charge >= 0.3 is 5.97 Å². The predicted molar refractivity (Wildman–Crippen MR) is 138 cm³/mol. The Balaban J connectivity index is 1.37. The number of carbonyl (C=O) groups excluding carboxylic acids is 1. The Hall–Kier alpha value is -2.92. The average molecular weight is 458 g/mol. The quantitative estimate of drug-likeness (QED) is 0.465. The molecule has 1 saturated carbocycles. The summed E-state index contributed by atoms with van der Waals surface area (Å²) in [4.78, 5) is 21.4. The van der Waals surface area contributed by atoms with Gasteiger partial charge in [0.2, 0.25) is 0 Å². The van der Waals surface area contributed by atoms with Crippen LogP contribution in [0.5, 0.6) is 0 Å². The molecule has 1 aliphatic heterocycles. The van der Waals surface area contributed by atoms with Crippen LogP contribution in [0.3, 0.4) is 0 Å². The van der Waals surface area contributed by atoms with E-state index in [0.29, 0.717) is 5.92 Å². The molecule has 0 radical (unpaired) electrons. The smallest absolute Gasteiger partial charge is 0.302 e. The number of anilines is 1. The minimum atomic E-state index is -0.165. The molecule has 1 saturated heterocycles. The molecule has 5 nitrogen and oxygen atoms in total. The standard InChI is InChI=1S/C29H35N3O2/c1-3-31-16-18-32(19-17-31)29-27-7-5-4-6-25(27)20-28(30-29)24-10-8-22(9-11-24)23-12-14-26(15-13-23)34-21(2)33/h4-11,20,23,26H,3,12-19H2,1-2H3. The molecule has 2 heterocycles. The molecule has 1 aliphatic carbocycles. The molecular weight excluding hydrogens is 422 g/mol. The second-order valence-corrected chi connectivity index (χ2v) is 9.68. The zero-order valence-electron chi connectivity index (χ0n) is 20.4. The maximum atomic E-state index is 11.2. The van der Waals surface area contributed by atoms with Crippen molar-refractivity contribution in [1.82, 2.24) is 9.88 Å². The maximum Gasteiger partial charge on any atom is 0.302 e. The van der Waals surface area contributed by atoms with Gasteiger partial charge in [0.15, 0.2) is 0 Å². The largest absolute Gasteiger partial charge is 0.463 e. The van der Waals surface area contributed by atoms with Crippen molar-refractivity contribution >= 4 is 22.6 Å². The molecule has 0 bridgehead atoms. The molecule has 2 fully saturated rings. The van der Waals surface area contributed by atoms with Gasteiger partial charge in [-0.1, -0.05) is 55.5 Å². The molecule has 5 rings (SSSR count). The monoisotopic (exact) mass is 457 g/mol. The number of carbonyl (C=O) groups is 1. The van der Waals surface area contributed by atoms with Crippen molar-refractivity contribution in [3.63, 3.8) is 0 Å². The fraction of sp³-hybridized carbons (Fsp3) is 0.448. The lowest BCUT2D eigenvalue weighted by Crippen LogP contribution is -2.46. The van der Waals surface area contributed by atoms with Gasteiger partial charge in [-0.05, 0) is 55.2 Å². The van der Waals surface area contributed by atoms with Crippen LogP contribution in [-0.4, -0.2) is 54.7 Å². The highest BCUT2D eigenvalue weighted by Gasteiger charge is 2.24. The molecular formula is C29H35N3O2. The van der Waals surface area contributed by atoms with Crippen LogP contribution < -0.4 is 4.90 Å². The first-order chi connectivity index (χ1) is 16.6. The Morgan fingerprint density at radius 1 is 0.971 bits per heavy atom. The van der Waals surface area contributed by atoms with Crippen molar-refractivity contribution in [3.05, 3.63) is 60.2 Å². The molecule has 34 heavy (non-hydrogen) atoms. The molecule has 0 N–H and O–H groups in total. The van der Waals surface area contributed by atoms with Gasteiger partial charge in [-0.3, -0.25) is 4.79 Å². The van der Waals surface area contributed by atoms with Crippen LogP contribution in [-0.2, 0) is 9.53 Å². The molecule has 0 unspecified atom stereocenters. The number of piperazine rings is 1. The summed E-state index contributed by atoms with van der Waals surface area (Å²) in [5.41, 5.74) is 3.58. The Kier molecular flexibility index (Phi) is 6.82. The summed E-state index contributed by atoms with van der Waals surface area (Å²) in [7, 11) is 0. The maximum absolute atomic E-state index is 11.2. The lowest BCUT2D eigenvalue weighted by molar-refractivity contribution is -0.147. The van der Waals surface area contributed by atoms with Crippen molar-refractivity contribution < 1.29 is 9.53 Å². The number of pyridine rings is 1. The number of aromatic nitrogens is 1. The number of fused-ring (bicyclic) bond motifs is 1. The van der Waals surface area contributed by atoms with E-state index in [1.54, 1.807) is 0 Å². The summed E-state index contributed by atoms with van der Waals surface area (Å²) >= 11 is 0. The lowest BCUT2D eigenvalue weighted by Gasteiger charge is -2.35. The topological polar surface area (TPSA) is 45.7 Å². The van der Waals surface area contributed by atoms with Crippen LogP contribution in [0.2, 0.25) is 0 Å². The van der Waals surface area contributed by atoms with Gasteiger partial charge in [-0.15, -0.1) is 0 Å². The Bertz CT molecular complexity index is 1130. The van der Waals surface area contributed by atoms with Crippen molar-refractivity contribution in [2.75, 3.05) is 37.6 Å². The first kappa shape index (κ1) is 22.9. The first-order valence-electron chi connectivity index (χ1n) is 12.8. The number of rotatable bonds is 5. The van der Waals surface area contributed by atoms with Crippen LogP contribution in [0.4, 0.5) is 5.82 Å². The molecule has 2 aliphatic rings. The number of hydrogen-bond acceptors (Lipinski definition) is 5. The number of likely N-dealkylation sites (N-methyl/N-ethyl adjacent to an activating group) is 1. The summed E-state index contributed by atoms with van der Waals surface area (Å²) in [6.07, 6.45) is 4.13. The van der Waals surface area contributed by atoms with Crippen LogP contribution in [0.25, 0.3) is 22.0 Å². The summed E-state index contributed by atoms with van der Waals surface area (Å²) in [6.45, 7) is 9.06. The molecule has 0 amide bonds. The van der Waals surface area contributed by atoms with E-state index < -0.39 is 0 Å². The second kappa shape index (κ2) is 10.1. The van der Waals surface area contributed by atoms with E-state index in [2.05, 4.69) is 71.3 Å². The summed E-state index contributed by atoms with van der Waals surface area (Å²) < 4.78 is 5.41. The zero-order valence-corrected chi connectivity index (χ0v) is 20.4. The lowest BCUT2D eigenvalue weighted by atomic mass is 9.82. The predicted octanol–water partition coefficient (Wildman–Crippen LogP) is 5.63.